The first kappa shape index (κ1) is 16.0. The minimum absolute atomic E-state index is 0.580. The molecule has 0 radical (unpaired) electrons. The summed E-state index contributed by atoms with van der Waals surface area (Å²) in [6, 6.07) is 0. The summed E-state index contributed by atoms with van der Waals surface area (Å²) >= 11 is 0. The molecule has 0 heterocycles. The molecule has 0 aliphatic heterocycles. The molecular formula is C16H34. The highest BCUT2D eigenvalue weighted by Gasteiger charge is 2.23. The Hall–Kier alpha value is 0. The fourth-order valence-corrected chi connectivity index (χ4v) is 3.05. The lowest BCUT2D eigenvalue weighted by molar-refractivity contribution is 0.205. The molecule has 0 aliphatic rings. The number of hydrogen-bond donors (Lipinski definition) is 0. The molecule has 0 heteroatoms. The molecule has 0 aromatic rings. The van der Waals surface area contributed by atoms with Crippen molar-refractivity contribution < 1.29 is 0 Å². The summed E-state index contributed by atoms with van der Waals surface area (Å²) in [5.41, 5.74) is 0.580. The van der Waals surface area contributed by atoms with Crippen molar-refractivity contribution in [3.05, 3.63) is 0 Å². The van der Waals surface area contributed by atoms with Crippen molar-refractivity contribution in [2.24, 2.45) is 23.2 Å². The highest BCUT2D eigenvalue weighted by molar-refractivity contribution is 4.75. The van der Waals surface area contributed by atoms with Crippen LogP contribution in [0.5, 0.6) is 0 Å². The fourth-order valence-electron chi connectivity index (χ4n) is 3.05. The van der Waals surface area contributed by atoms with E-state index in [0.717, 1.165) is 17.8 Å². The van der Waals surface area contributed by atoms with Crippen molar-refractivity contribution >= 4 is 0 Å². The fraction of sp³-hybridized carbons (Fsp3) is 1.00. The minimum atomic E-state index is 0.580. The maximum Gasteiger partial charge on any atom is -0.0329 e. The molecule has 0 saturated heterocycles. The highest BCUT2D eigenvalue weighted by Crippen LogP contribution is 2.35. The topological polar surface area (TPSA) is 0 Å². The summed E-state index contributed by atoms with van der Waals surface area (Å²) in [4.78, 5) is 0. The molecule has 0 aliphatic carbocycles. The Balaban J connectivity index is 4.01. The maximum absolute atomic E-state index is 2.45. The van der Waals surface area contributed by atoms with Gasteiger partial charge in [-0.05, 0) is 42.4 Å². The van der Waals surface area contributed by atoms with Crippen molar-refractivity contribution in [3.8, 4) is 0 Å². The predicted octanol–water partition coefficient (Wildman–Crippen LogP) is 5.91. The summed E-state index contributed by atoms with van der Waals surface area (Å²) < 4.78 is 0. The molecule has 0 N–H and O–H groups in total. The zero-order chi connectivity index (χ0) is 12.8. The molecule has 0 nitrogen and oxygen atoms in total. The first-order valence-electron chi connectivity index (χ1n) is 7.33. The molecule has 2 unspecified atom stereocenters. The van der Waals surface area contributed by atoms with Crippen LogP contribution in [0.25, 0.3) is 0 Å². The molecule has 16 heavy (non-hydrogen) atoms. The van der Waals surface area contributed by atoms with Crippen LogP contribution in [0.15, 0.2) is 0 Å². The summed E-state index contributed by atoms with van der Waals surface area (Å²) in [5, 5.41) is 0. The highest BCUT2D eigenvalue weighted by atomic mass is 14.3. The van der Waals surface area contributed by atoms with Gasteiger partial charge in [-0.3, -0.25) is 0 Å². The maximum atomic E-state index is 2.45. The molecule has 0 aromatic carbocycles. The van der Waals surface area contributed by atoms with E-state index in [0.29, 0.717) is 5.41 Å². The van der Waals surface area contributed by atoms with E-state index in [-0.39, 0.29) is 0 Å². The van der Waals surface area contributed by atoms with E-state index in [1.54, 1.807) is 0 Å². The van der Waals surface area contributed by atoms with Crippen LogP contribution < -0.4 is 0 Å². The molecule has 98 valence electrons. The van der Waals surface area contributed by atoms with E-state index >= 15 is 0 Å². The van der Waals surface area contributed by atoms with Crippen LogP contribution in [0.2, 0.25) is 0 Å². The third-order valence-electron chi connectivity index (χ3n) is 4.23. The molecule has 0 bridgehead atoms. The molecule has 0 amide bonds. The first-order valence-corrected chi connectivity index (χ1v) is 7.33. The second kappa shape index (κ2) is 7.35. The molecule has 0 saturated carbocycles. The van der Waals surface area contributed by atoms with Crippen molar-refractivity contribution in [1.82, 2.24) is 0 Å². The van der Waals surface area contributed by atoms with Crippen LogP contribution in [-0.2, 0) is 0 Å². The molecule has 0 aromatic heterocycles. The van der Waals surface area contributed by atoms with E-state index in [4.69, 9.17) is 0 Å². The largest absolute Gasteiger partial charge is 0.0649 e. The van der Waals surface area contributed by atoms with Gasteiger partial charge in [0.2, 0.25) is 0 Å². The summed E-state index contributed by atoms with van der Waals surface area (Å²) in [5.74, 6) is 2.64. The van der Waals surface area contributed by atoms with Gasteiger partial charge < -0.3 is 0 Å². The number of hydrogen-bond acceptors (Lipinski definition) is 0. The standard InChI is InChI=1S/C16H34/c1-8-16(7,9-2)12-15(6)11-14(5)10-13(3)4/h13-15H,8-12H2,1-7H3. The van der Waals surface area contributed by atoms with Crippen molar-refractivity contribution in [2.45, 2.75) is 80.6 Å². The van der Waals surface area contributed by atoms with Gasteiger partial charge in [-0.2, -0.15) is 0 Å². The Labute approximate surface area is 104 Å². The zero-order valence-electron chi connectivity index (χ0n) is 12.8. The van der Waals surface area contributed by atoms with Crippen molar-refractivity contribution in [2.75, 3.05) is 0 Å². The Morgan fingerprint density at radius 3 is 1.69 bits per heavy atom. The van der Waals surface area contributed by atoms with Crippen LogP contribution in [0.3, 0.4) is 0 Å². The van der Waals surface area contributed by atoms with Crippen molar-refractivity contribution in [3.63, 3.8) is 0 Å². The molecule has 0 fully saturated rings. The van der Waals surface area contributed by atoms with Crippen LogP contribution in [0, 0.1) is 23.2 Å². The van der Waals surface area contributed by atoms with Gasteiger partial charge in [-0.15, -0.1) is 0 Å². The summed E-state index contributed by atoms with van der Waals surface area (Å²) in [6.07, 6.45) is 6.86. The van der Waals surface area contributed by atoms with Gasteiger partial charge >= 0.3 is 0 Å². The van der Waals surface area contributed by atoms with Crippen LogP contribution in [0.4, 0.5) is 0 Å². The van der Waals surface area contributed by atoms with E-state index < -0.39 is 0 Å². The SMILES string of the molecule is CCC(C)(CC)CC(C)CC(C)CC(C)C. The summed E-state index contributed by atoms with van der Waals surface area (Å²) in [6.45, 7) is 16.7. The third kappa shape index (κ3) is 6.55. The van der Waals surface area contributed by atoms with Gasteiger partial charge in [-0.1, -0.05) is 61.3 Å². The lowest BCUT2D eigenvalue weighted by atomic mass is 9.75. The lowest BCUT2D eigenvalue weighted by Crippen LogP contribution is -2.19. The van der Waals surface area contributed by atoms with Gasteiger partial charge in [-0.25, -0.2) is 0 Å². The zero-order valence-corrected chi connectivity index (χ0v) is 12.8. The molecule has 0 spiro atoms. The smallest absolute Gasteiger partial charge is 0.0329 e. The molecular weight excluding hydrogens is 192 g/mol. The van der Waals surface area contributed by atoms with Gasteiger partial charge in [0, 0.05) is 0 Å². The van der Waals surface area contributed by atoms with Gasteiger partial charge in [0.1, 0.15) is 0 Å². The summed E-state index contributed by atoms with van der Waals surface area (Å²) in [7, 11) is 0. The Morgan fingerprint density at radius 1 is 0.812 bits per heavy atom. The van der Waals surface area contributed by atoms with E-state index in [2.05, 4.69) is 48.5 Å². The van der Waals surface area contributed by atoms with E-state index in [1.807, 2.05) is 0 Å². The number of rotatable bonds is 8. The molecule has 0 rings (SSSR count). The quantitative estimate of drug-likeness (QED) is 0.482. The van der Waals surface area contributed by atoms with Crippen LogP contribution in [-0.4, -0.2) is 0 Å². The minimum Gasteiger partial charge on any atom is -0.0649 e. The first-order chi connectivity index (χ1) is 7.33. The Morgan fingerprint density at radius 2 is 1.31 bits per heavy atom. The second-order valence-corrected chi connectivity index (χ2v) is 6.80. The van der Waals surface area contributed by atoms with Gasteiger partial charge in [0.25, 0.3) is 0 Å². The predicted molar refractivity (Wildman–Crippen MR) is 75.7 cm³/mol. The molecule has 2 atom stereocenters. The van der Waals surface area contributed by atoms with E-state index in [1.165, 1.54) is 32.1 Å². The van der Waals surface area contributed by atoms with Gasteiger partial charge in [0.05, 0.1) is 0 Å². The third-order valence-corrected chi connectivity index (χ3v) is 4.23. The van der Waals surface area contributed by atoms with Crippen LogP contribution in [0.1, 0.15) is 80.6 Å². The van der Waals surface area contributed by atoms with Gasteiger partial charge in [0.15, 0.2) is 0 Å². The van der Waals surface area contributed by atoms with Crippen LogP contribution >= 0.6 is 0 Å². The average Bonchev–Trinajstić information content (AvgIpc) is 2.15. The normalized spacial score (nSPS) is 16.5. The average molecular weight is 226 g/mol. The monoisotopic (exact) mass is 226 g/mol. The Kier molecular flexibility index (Phi) is 7.35. The van der Waals surface area contributed by atoms with Crippen molar-refractivity contribution in [1.29, 1.82) is 0 Å². The second-order valence-electron chi connectivity index (χ2n) is 6.80. The van der Waals surface area contributed by atoms with E-state index in [9.17, 15) is 0 Å². The lowest BCUT2D eigenvalue weighted by Gasteiger charge is -2.31. The Bertz CT molecular complexity index is 165.